The van der Waals surface area contributed by atoms with E-state index in [4.69, 9.17) is 0 Å². The number of H-pyrrole nitrogens is 1. The number of carbonyl (C=O) groups is 2. The van der Waals surface area contributed by atoms with Gasteiger partial charge in [-0.2, -0.15) is 0 Å². The number of aryl methyl sites for hydroxylation is 1. The molecule has 2 aliphatic heterocycles. The number of hydrogen-bond donors (Lipinski definition) is 1. The van der Waals surface area contributed by atoms with Crippen molar-refractivity contribution in [1.29, 1.82) is 0 Å². The minimum Gasteiger partial charge on any atom is -0.356 e. The Kier molecular flexibility index (Phi) is 4.42. The molecule has 2 aliphatic rings. The molecule has 3 aromatic rings. The summed E-state index contributed by atoms with van der Waals surface area (Å²) >= 11 is 0. The summed E-state index contributed by atoms with van der Waals surface area (Å²) < 4.78 is 0. The van der Waals surface area contributed by atoms with E-state index in [1.165, 1.54) is 0 Å². The summed E-state index contributed by atoms with van der Waals surface area (Å²) in [5.74, 6) is 0.0910. The van der Waals surface area contributed by atoms with Crippen LogP contribution in [0.25, 0.3) is 10.9 Å². The van der Waals surface area contributed by atoms with Gasteiger partial charge < -0.3 is 14.8 Å². The third-order valence-corrected chi connectivity index (χ3v) is 6.77. The first-order valence-corrected chi connectivity index (χ1v) is 10.8. The highest BCUT2D eigenvalue weighted by molar-refractivity contribution is 5.97. The molecule has 1 N–H and O–H groups in total. The smallest absolute Gasteiger partial charge is 0.246 e. The Balaban J connectivity index is 1.71. The van der Waals surface area contributed by atoms with Gasteiger partial charge in [-0.05, 0) is 37.5 Å². The maximum absolute atomic E-state index is 13.5. The lowest BCUT2D eigenvalue weighted by molar-refractivity contribution is -0.160. The zero-order valence-electron chi connectivity index (χ0n) is 17.7. The number of rotatable bonds is 3. The number of nitrogens with one attached hydrogen (secondary N) is 1. The van der Waals surface area contributed by atoms with Gasteiger partial charge in [0.15, 0.2) is 0 Å². The first-order chi connectivity index (χ1) is 14.5. The molecule has 0 saturated carbocycles. The van der Waals surface area contributed by atoms with Gasteiger partial charge in [-0.15, -0.1) is 0 Å². The van der Waals surface area contributed by atoms with Gasteiger partial charge in [-0.25, -0.2) is 0 Å². The third-order valence-electron chi connectivity index (χ3n) is 6.77. The largest absolute Gasteiger partial charge is 0.356 e. The number of aromatic amines is 1. The van der Waals surface area contributed by atoms with Crippen molar-refractivity contribution >= 4 is 22.7 Å². The second-order valence-corrected chi connectivity index (χ2v) is 8.62. The molecule has 0 spiro atoms. The average molecular weight is 402 g/mol. The van der Waals surface area contributed by atoms with Gasteiger partial charge in [0, 0.05) is 29.1 Å². The van der Waals surface area contributed by atoms with Crippen LogP contribution in [0.1, 0.15) is 48.7 Å². The number of hydrogen-bond acceptors (Lipinski definition) is 2. The molecule has 2 amide bonds. The second kappa shape index (κ2) is 7.01. The van der Waals surface area contributed by atoms with Crippen LogP contribution >= 0.6 is 0 Å². The molecule has 3 atom stereocenters. The molecule has 3 heterocycles. The van der Waals surface area contributed by atoms with E-state index in [1.54, 1.807) is 4.90 Å². The summed E-state index contributed by atoms with van der Waals surface area (Å²) in [6, 6.07) is 15.8. The maximum atomic E-state index is 13.5. The van der Waals surface area contributed by atoms with Crippen LogP contribution in [0.3, 0.4) is 0 Å². The Labute approximate surface area is 176 Å². The molecular formula is C25H27N3O2. The van der Waals surface area contributed by atoms with Gasteiger partial charge in [0.1, 0.15) is 12.6 Å². The SMILES string of the molecule is CC[C@H](C)N1CC(=O)N2[C@@H](c3cccc(C)c3)c3[nH]c4ccccc4c3C[C@H]2C1=O. The van der Waals surface area contributed by atoms with Crippen LogP contribution in [0.4, 0.5) is 0 Å². The molecule has 154 valence electrons. The summed E-state index contributed by atoms with van der Waals surface area (Å²) in [6.07, 6.45) is 1.39. The topological polar surface area (TPSA) is 56.4 Å². The lowest BCUT2D eigenvalue weighted by Crippen LogP contribution is -2.64. The Morgan fingerprint density at radius 1 is 1.13 bits per heavy atom. The van der Waals surface area contributed by atoms with Crippen LogP contribution in [0, 0.1) is 6.92 Å². The van der Waals surface area contributed by atoms with Crippen molar-refractivity contribution in [2.75, 3.05) is 6.54 Å². The van der Waals surface area contributed by atoms with E-state index in [9.17, 15) is 9.59 Å². The van der Waals surface area contributed by atoms with E-state index < -0.39 is 6.04 Å². The Morgan fingerprint density at radius 3 is 2.70 bits per heavy atom. The molecule has 0 aliphatic carbocycles. The van der Waals surface area contributed by atoms with Crippen molar-refractivity contribution < 1.29 is 9.59 Å². The first kappa shape index (κ1) is 18.9. The van der Waals surface area contributed by atoms with Crippen LogP contribution < -0.4 is 0 Å². The zero-order valence-corrected chi connectivity index (χ0v) is 17.7. The lowest BCUT2D eigenvalue weighted by atomic mass is 9.85. The fourth-order valence-electron chi connectivity index (χ4n) is 5.07. The molecule has 5 rings (SSSR count). The molecule has 30 heavy (non-hydrogen) atoms. The van der Waals surface area contributed by atoms with Gasteiger partial charge in [-0.3, -0.25) is 9.59 Å². The molecule has 0 radical (unpaired) electrons. The van der Waals surface area contributed by atoms with Crippen LogP contribution in [-0.2, 0) is 16.0 Å². The van der Waals surface area contributed by atoms with Crippen LogP contribution in [-0.4, -0.2) is 45.2 Å². The molecule has 1 fully saturated rings. The van der Waals surface area contributed by atoms with E-state index >= 15 is 0 Å². The fourth-order valence-corrected chi connectivity index (χ4v) is 5.07. The van der Waals surface area contributed by atoms with E-state index in [1.807, 2.05) is 30.0 Å². The van der Waals surface area contributed by atoms with Crippen molar-refractivity contribution in [2.24, 2.45) is 0 Å². The standard InChI is InChI=1S/C25H27N3O2/c1-4-16(3)27-14-22(29)28-21(25(27)30)13-19-18-10-5-6-11-20(18)26-23(19)24(28)17-9-7-8-15(2)12-17/h5-12,16,21,24,26H,4,13-14H2,1-3H3/t16-,21-,24-/m0/s1. The van der Waals surface area contributed by atoms with Gasteiger partial charge >= 0.3 is 0 Å². The molecule has 0 unspecified atom stereocenters. The first-order valence-electron chi connectivity index (χ1n) is 10.8. The quantitative estimate of drug-likeness (QED) is 0.722. The molecule has 5 nitrogen and oxygen atoms in total. The molecule has 1 aromatic heterocycles. The number of para-hydroxylation sites is 1. The minimum atomic E-state index is -0.461. The van der Waals surface area contributed by atoms with Crippen LogP contribution in [0.2, 0.25) is 0 Å². The van der Waals surface area contributed by atoms with E-state index in [0.717, 1.165) is 39.7 Å². The van der Waals surface area contributed by atoms with E-state index in [2.05, 4.69) is 49.2 Å². The number of aromatic nitrogens is 1. The van der Waals surface area contributed by atoms with E-state index in [-0.39, 0.29) is 30.4 Å². The summed E-state index contributed by atoms with van der Waals surface area (Å²) in [7, 11) is 0. The van der Waals surface area contributed by atoms with Gasteiger partial charge in [0.25, 0.3) is 0 Å². The number of amides is 2. The van der Waals surface area contributed by atoms with Gasteiger partial charge in [0.2, 0.25) is 11.8 Å². The highest BCUT2D eigenvalue weighted by Gasteiger charge is 2.48. The number of nitrogens with zero attached hydrogens (tertiary/aromatic N) is 2. The lowest BCUT2D eigenvalue weighted by Gasteiger charge is -2.48. The monoisotopic (exact) mass is 401 g/mol. The number of benzene rings is 2. The molecule has 1 saturated heterocycles. The van der Waals surface area contributed by atoms with Crippen molar-refractivity contribution in [1.82, 2.24) is 14.8 Å². The number of piperazine rings is 1. The minimum absolute atomic E-state index is 0.0238. The van der Waals surface area contributed by atoms with Gasteiger partial charge in [0.05, 0.1) is 6.04 Å². The summed E-state index contributed by atoms with van der Waals surface area (Å²) in [5, 5.41) is 1.14. The number of fused-ring (bicyclic) bond motifs is 4. The predicted octanol–water partition coefficient (Wildman–Crippen LogP) is 3.96. The zero-order chi connectivity index (χ0) is 21.0. The molecular weight excluding hydrogens is 374 g/mol. The Morgan fingerprint density at radius 2 is 1.93 bits per heavy atom. The van der Waals surface area contributed by atoms with Crippen LogP contribution in [0.15, 0.2) is 48.5 Å². The second-order valence-electron chi connectivity index (χ2n) is 8.62. The fraction of sp³-hybridized carbons (Fsp3) is 0.360. The normalized spacial score (nSPS) is 22.2. The van der Waals surface area contributed by atoms with Crippen molar-refractivity contribution in [3.8, 4) is 0 Å². The molecule has 5 heteroatoms. The Hall–Kier alpha value is -3.08. The van der Waals surface area contributed by atoms with Gasteiger partial charge in [-0.1, -0.05) is 55.0 Å². The maximum Gasteiger partial charge on any atom is 0.246 e. The summed E-state index contributed by atoms with van der Waals surface area (Å²) in [4.78, 5) is 34.1. The molecule has 0 bridgehead atoms. The highest BCUT2D eigenvalue weighted by Crippen LogP contribution is 2.42. The summed E-state index contributed by atoms with van der Waals surface area (Å²) in [6.45, 7) is 6.30. The third kappa shape index (κ3) is 2.76. The van der Waals surface area contributed by atoms with Crippen molar-refractivity contribution in [3.63, 3.8) is 0 Å². The van der Waals surface area contributed by atoms with Crippen molar-refractivity contribution in [3.05, 3.63) is 70.9 Å². The Bertz CT molecular complexity index is 1150. The van der Waals surface area contributed by atoms with E-state index in [0.29, 0.717) is 6.42 Å². The predicted molar refractivity (Wildman–Crippen MR) is 117 cm³/mol. The average Bonchev–Trinajstić information content (AvgIpc) is 3.12. The molecule has 2 aromatic carbocycles. The highest BCUT2D eigenvalue weighted by atomic mass is 16.2. The van der Waals surface area contributed by atoms with Crippen molar-refractivity contribution in [2.45, 2.75) is 51.7 Å². The summed E-state index contributed by atoms with van der Waals surface area (Å²) in [5.41, 5.74) is 5.44. The number of carbonyl (C=O) groups excluding carboxylic acids is 2. The van der Waals surface area contributed by atoms with Crippen LogP contribution in [0.5, 0.6) is 0 Å².